The molecular formula is C13H17Cl2N5. The lowest BCUT2D eigenvalue weighted by Gasteiger charge is -2.04. The molecule has 1 aromatic carbocycles. The highest BCUT2D eigenvalue weighted by molar-refractivity contribution is 5.85. The lowest BCUT2D eigenvalue weighted by atomic mass is 10.3. The number of aryl methyl sites for hydroxylation is 1. The maximum absolute atomic E-state index is 4.56. The topological polar surface area (TPSA) is 58.5 Å². The van der Waals surface area contributed by atoms with Crippen molar-refractivity contribution in [3.63, 3.8) is 0 Å². The third-order valence-corrected chi connectivity index (χ3v) is 3.02. The lowest BCUT2D eigenvalue weighted by Crippen LogP contribution is -2.09. The predicted molar refractivity (Wildman–Crippen MR) is 86.0 cm³/mol. The van der Waals surface area contributed by atoms with Gasteiger partial charge in [-0.3, -0.25) is 0 Å². The second-order valence-electron chi connectivity index (χ2n) is 4.24. The summed E-state index contributed by atoms with van der Waals surface area (Å²) in [5.41, 5.74) is 3.28. The summed E-state index contributed by atoms with van der Waals surface area (Å²) < 4.78 is 2.07. The summed E-state index contributed by atoms with van der Waals surface area (Å²) in [6.45, 7) is 0.833. The molecule has 3 rings (SSSR count). The maximum atomic E-state index is 4.56. The average molecular weight is 314 g/mol. The van der Waals surface area contributed by atoms with Crippen molar-refractivity contribution in [2.75, 3.05) is 11.9 Å². The van der Waals surface area contributed by atoms with Crippen molar-refractivity contribution >= 4 is 41.8 Å². The molecule has 0 bridgehead atoms. The van der Waals surface area contributed by atoms with Gasteiger partial charge in [0, 0.05) is 31.9 Å². The van der Waals surface area contributed by atoms with E-state index >= 15 is 0 Å². The maximum Gasteiger partial charge on any atom is 0.203 e. The Morgan fingerprint density at radius 2 is 2.05 bits per heavy atom. The minimum atomic E-state index is 0. The molecule has 3 aromatic rings. The number of halogens is 2. The van der Waals surface area contributed by atoms with Crippen LogP contribution in [0.3, 0.4) is 0 Å². The van der Waals surface area contributed by atoms with Crippen molar-refractivity contribution in [2.24, 2.45) is 7.05 Å². The van der Waals surface area contributed by atoms with Crippen LogP contribution in [0.25, 0.3) is 11.0 Å². The molecule has 0 unspecified atom stereocenters. The smallest absolute Gasteiger partial charge is 0.203 e. The minimum Gasteiger partial charge on any atom is -0.355 e. The first-order valence-corrected chi connectivity index (χ1v) is 5.97. The normalized spacial score (nSPS) is 9.85. The molecule has 0 aliphatic rings. The molecule has 0 radical (unpaired) electrons. The number of nitrogens with one attached hydrogen (secondary N) is 2. The zero-order valence-corrected chi connectivity index (χ0v) is 12.7. The summed E-state index contributed by atoms with van der Waals surface area (Å²) in [6.07, 6.45) is 4.45. The Bertz CT molecular complexity index is 648. The van der Waals surface area contributed by atoms with E-state index in [1.165, 1.54) is 0 Å². The monoisotopic (exact) mass is 313 g/mol. The van der Waals surface area contributed by atoms with E-state index in [9.17, 15) is 0 Å². The number of anilines is 1. The highest BCUT2D eigenvalue weighted by Crippen LogP contribution is 2.17. The second kappa shape index (κ2) is 7.17. The van der Waals surface area contributed by atoms with Gasteiger partial charge in [0.05, 0.1) is 17.4 Å². The molecule has 0 amide bonds. The van der Waals surface area contributed by atoms with E-state index in [-0.39, 0.29) is 24.8 Å². The molecule has 0 saturated carbocycles. The first kappa shape index (κ1) is 16.3. The van der Waals surface area contributed by atoms with Crippen molar-refractivity contribution < 1.29 is 0 Å². The van der Waals surface area contributed by atoms with Crippen molar-refractivity contribution in [1.29, 1.82) is 0 Å². The van der Waals surface area contributed by atoms with Gasteiger partial charge >= 0.3 is 0 Å². The van der Waals surface area contributed by atoms with Crippen LogP contribution in [-0.4, -0.2) is 26.1 Å². The van der Waals surface area contributed by atoms with Crippen molar-refractivity contribution in [3.8, 4) is 0 Å². The quantitative estimate of drug-likeness (QED) is 0.778. The first-order valence-electron chi connectivity index (χ1n) is 5.97. The zero-order chi connectivity index (χ0) is 12.4. The summed E-state index contributed by atoms with van der Waals surface area (Å²) in [6, 6.07) is 8.12. The summed E-state index contributed by atoms with van der Waals surface area (Å²) in [4.78, 5) is 11.6. The molecule has 0 aliphatic carbocycles. The fourth-order valence-electron chi connectivity index (χ4n) is 2.03. The van der Waals surface area contributed by atoms with Gasteiger partial charge in [0.2, 0.25) is 5.95 Å². The van der Waals surface area contributed by atoms with E-state index in [2.05, 4.69) is 30.9 Å². The number of hydrogen-bond donors (Lipinski definition) is 2. The number of nitrogens with zero attached hydrogens (tertiary/aromatic N) is 3. The van der Waals surface area contributed by atoms with Crippen molar-refractivity contribution in [2.45, 2.75) is 6.42 Å². The second-order valence-corrected chi connectivity index (χ2v) is 4.24. The summed E-state index contributed by atoms with van der Waals surface area (Å²) in [7, 11) is 2.02. The number of rotatable bonds is 4. The van der Waals surface area contributed by atoms with Crippen molar-refractivity contribution in [1.82, 2.24) is 19.5 Å². The minimum absolute atomic E-state index is 0. The van der Waals surface area contributed by atoms with Crippen LogP contribution in [0.15, 0.2) is 36.8 Å². The Balaban J connectivity index is 0.000001000. The molecule has 2 aromatic heterocycles. The summed E-state index contributed by atoms with van der Waals surface area (Å²) in [5, 5.41) is 3.34. The van der Waals surface area contributed by atoms with Gasteiger partial charge in [0.15, 0.2) is 0 Å². The Kier molecular flexibility index (Phi) is 5.85. The van der Waals surface area contributed by atoms with E-state index < -0.39 is 0 Å². The number of H-pyrrole nitrogens is 1. The van der Waals surface area contributed by atoms with Gasteiger partial charge in [0.25, 0.3) is 0 Å². The van der Waals surface area contributed by atoms with E-state index in [0.717, 1.165) is 35.6 Å². The van der Waals surface area contributed by atoms with Gasteiger partial charge in [-0.05, 0) is 12.1 Å². The molecule has 5 nitrogen and oxygen atoms in total. The molecule has 7 heteroatoms. The van der Waals surface area contributed by atoms with Crippen LogP contribution in [0.4, 0.5) is 5.95 Å². The van der Waals surface area contributed by atoms with Gasteiger partial charge in [-0.2, -0.15) is 0 Å². The first-order chi connectivity index (χ1) is 8.84. The number of aromatic nitrogens is 4. The van der Waals surface area contributed by atoms with Crippen LogP contribution in [0.1, 0.15) is 5.69 Å². The Labute approximate surface area is 129 Å². The third-order valence-electron chi connectivity index (χ3n) is 3.02. The molecule has 20 heavy (non-hydrogen) atoms. The fourth-order valence-corrected chi connectivity index (χ4v) is 2.03. The number of fused-ring (bicyclic) bond motifs is 1. The van der Waals surface area contributed by atoms with Crippen LogP contribution in [0.2, 0.25) is 0 Å². The number of imidazole rings is 2. The molecule has 2 N–H and O–H groups in total. The van der Waals surface area contributed by atoms with Gasteiger partial charge < -0.3 is 14.9 Å². The number of benzene rings is 1. The predicted octanol–water partition coefficient (Wildman–Crippen LogP) is 2.79. The van der Waals surface area contributed by atoms with E-state index in [1.54, 1.807) is 6.33 Å². The number of aromatic amines is 1. The fraction of sp³-hybridized carbons (Fsp3) is 0.231. The van der Waals surface area contributed by atoms with E-state index in [4.69, 9.17) is 0 Å². The molecule has 0 saturated heterocycles. The molecule has 0 fully saturated rings. The standard InChI is InChI=1S/C13H15N5.2ClH/c1-18-12-5-3-2-4-11(12)17-13(18)15-7-6-10-8-14-9-16-10;;/h2-5,8-9H,6-7H2,1H3,(H,14,16)(H,15,17);2*1H. The van der Waals surface area contributed by atoms with Crippen LogP contribution in [0, 0.1) is 0 Å². The van der Waals surface area contributed by atoms with Crippen LogP contribution in [0.5, 0.6) is 0 Å². The largest absolute Gasteiger partial charge is 0.355 e. The molecule has 0 aliphatic heterocycles. The molecule has 108 valence electrons. The summed E-state index contributed by atoms with van der Waals surface area (Å²) in [5.74, 6) is 0.899. The Morgan fingerprint density at radius 1 is 1.25 bits per heavy atom. The van der Waals surface area contributed by atoms with Crippen LogP contribution < -0.4 is 5.32 Å². The third kappa shape index (κ3) is 3.23. The zero-order valence-electron chi connectivity index (χ0n) is 11.0. The lowest BCUT2D eigenvalue weighted by molar-refractivity contribution is 0.901. The van der Waals surface area contributed by atoms with Gasteiger partial charge in [-0.1, -0.05) is 12.1 Å². The number of para-hydroxylation sites is 2. The van der Waals surface area contributed by atoms with Gasteiger partial charge in [0.1, 0.15) is 0 Å². The Morgan fingerprint density at radius 3 is 2.75 bits per heavy atom. The molecular weight excluding hydrogens is 297 g/mol. The van der Waals surface area contributed by atoms with Gasteiger partial charge in [-0.25, -0.2) is 9.97 Å². The Hall–Kier alpha value is -1.72. The van der Waals surface area contributed by atoms with Gasteiger partial charge in [-0.15, -0.1) is 24.8 Å². The molecule has 0 spiro atoms. The van der Waals surface area contributed by atoms with E-state index in [0.29, 0.717) is 0 Å². The van der Waals surface area contributed by atoms with Crippen molar-refractivity contribution in [3.05, 3.63) is 42.5 Å². The number of hydrogen-bond acceptors (Lipinski definition) is 3. The molecule has 2 heterocycles. The van der Waals surface area contributed by atoms with Crippen LogP contribution >= 0.6 is 24.8 Å². The van der Waals surface area contributed by atoms with E-state index in [1.807, 2.05) is 31.4 Å². The van der Waals surface area contributed by atoms with Crippen LogP contribution in [-0.2, 0) is 13.5 Å². The summed E-state index contributed by atoms with van der Waals surface area (Å²) >= 11 is 0. The average Bonchev–Trinajstić information content (AvgIpc) is 3.00. The highest BCUT2D eigenvalue weighted by Gasteiger charge is 2.05. The molecule has 0 atom stereocenters. The SMILES string of the molecule is Cl.Cl.Cn1c(NCCc2cnc[nH]2)nc2ccccc21. The highest BCUT2D eigenvalue weighted by atomic mass is 35.5.